The topological polar surface area (TPSA) is 82.1 Å². The molecule has 0 saturated heterocycles. The summed E-state index contributed by atoms with van der Waals surface area (Å²) < 4.78 is 0. The van der Waals surface area contributed by atoms with Gasteiger partial charge >= 0.3 is 0 Å². The number of nitrogen functional groups attached to an aromatic ring is 1. The molecule has 1 heterocycles. The molecule has 2 rings (SSSR count). The van der Waals surface area contributed by atoms with Gasteiger partial charge in [0.15, 0.2) is 0 Å². The van der Waals surface area contributed by atoms with Crippen molar-refractivity contribution in [1.29, 1.82) is 5.26 Å². The molecule has 1 aromatic heterocycles. The molecule has 1 aliphatic carbocycles. The lowest BCUT2D eigenvalue weighted by Crippen LogP contribution is -2.33. The van der Waals surface area contributed by atoms with Crippen molar-refractivity contribution in [1.82, 2.24) is 5.32 Å². The molecule has 110 valence electrons. The summed E-state index contributed by atoms with van der Waals surface area (Å²) in [5, 5.41) is 22.4. The van der Waals surface area contributed by atoms with Gasteiger partial charge in [-0.2, -0.15) is 5.26 Å². The van der Waals surface area contributed by atoms with Crippen molar-refractivity contribution in [3.8, 4) is 18.9 Å². The van der Waals surface area contributed by atoms with E-state index in [1.165, 1.54) is 16.2 Å². The second-order valence-corrected chi connectivity index (χ2v) is 5.16. The number of nitrogens with two attached hydrogens (primary N) is 1. The van der Waals surface area contributed by atoms with Gasteiger partial charge in [0.1, 0.15) is 17.3 Å². The van der Waals surface area contributed by atoms with Gasteiger partial charge in [-0.05, 0) is 31.9 Å². The molecule has 1 aliphatic rings. The first-order valence-corrected chi connectivity index (χ1v) is 7.50. The largest absolute Gasteiger partial charge is 0.389 e. The van der Waals surface area contributed by atoms with Crippen LogP contribution in [-0.2, 0) is 6.42 Å². The highest BCUT2D eigenvalue weighted by atomic mass is 32.1. The lowest BCUT2D eigenvalue weighted by molar-refractivity contribution is 0.109. The Kier molecular flexibility index (Phi) is 8.67. The molecule has 5 heteroatoms. The molecule has 0 spiro atoms. The predicted octanol–water partition coefficient (Wildman–Crippen LogP) is 2.44. The number of anilines is 1. The van der Waals surface area contributed by atoms with Gasteiger partial charge in [-0.25, -0.2) is 0 Å². The standard InChI is InChI=1S/C11H15N3OS.C2H6.C2H2/c1-14-11(15)6-3-2-4-8-9(6)7(5-12)10(13)16-8;2*1-2/h6,11,14-15H,2-4,13H2,1H3;1-2H3;1-2H. The zero-order valence-electron chi connectivity index (χ0n) is 12.3. The van der Waals surface area contributed by atoms with Crippen molar-refractivity contribution in [2.45, 2.75) is 45.3 Å². The first kappa shape index (κ1) is 18.5. The Bertz CT molecular complexity index is 473. The van der Waals surface area contributed by atoms with Crippen molar-refractivity contribution in [2.24, 2.45) is 0 Å². The molecule has 0 aliphatic heterocycles. The van der Waals surface area contributed by atoms with Crippen LogP contribution < -0.4 is 11.1 Å². The van der Waals surface area contributed by atoms with Gasteiger partial charge in [-0.3, -0.25) is 5.32 Å². The number of likely N-dealkylation sites (N-methyl/N-ethyl adjacent to an activating group) is 1. The molecule has 4 nitrogen and oxygen atoms in total. The van der Waals surface area contributed by atoms with Crippen molar-refractivity contribution in [3.05, 3.63) is 16.0 Å². The van der Waals surface area contributed by atoms with E-state index in [2.05, 4.69) is 24.2 Å². The summed E-state index contributed by atoms with van der Waals surface area (Å²) in [4.78, 5) is 1.17. The molecule has 0 aromatic carbocycles. The smallest absolute Gasteiger partial charge is 0.111 e. The fraction of sp³-hybridized carbons (Fsp3) is 0.533. The molecule has 1 aromatic rings. The van der Waals surface area contributed by atoms with E-state index >= 15 is 0 Å². The van der Waals surface area contributed by atoms with Crippen molar-refractivity contribution < 1.29 is 5.11 Å². The molecule has 2 atom stereocenters. The third-order valence-corrected chi connectivity index (χ3v) is 4.22. The number of hydrogen-bond acceptors (Lipinski definition) is 5. The van der Waals surface area contributed by atoms with E-state index in [4.69, 9.17) is 11.0 Å². The van der Waals surface area contributed by atoms with Crippen LogP contribution in [0.3, 0.4) is 0 Å². The number of nitrogens with one attached hydrogen (secondary N) is 1. The maximum atomic E-state index is 9.90. The summed E-state index contributed by atoms with van der Waals surface area (Å²) in [7, 11) is 1.72. The van der Waals surface area contributed by atoms with Crippen LogP contribution in [0.5, 0.6) is 0 Å². The first-order valence-electron chi connectivity index (χ1n) is 6.68. The van der Waals surface area contributed by atoms with E-state index in [9.17, 15) is 5.11 Å². The summed E-state index contributed by atoms with van der Waals surface area (Å²) in [5.41, 5.74) is 7.37. The summed E-state index contributed by atoms with van der Waals surface area (Å²) in [6, 6.07) is 2.16. The number of thiophene rings is 1. The van der Waals surface area contributed by atoms with Gasteiger partial charge in [-0.15, -0.1) is 24.2 Å². The third kappa shape index (κ3) is 3.74. The van der Waals surface area contributed by atoms with Crippen LogP contribution in [0.15, 0.2) is 0 Å². The maximum Gasteiger partial charge on any atom is 0.111 e. The number of aliphatic hydroxyl groups is 1. The summed E-state index contributed by atoms with van der Waals surface area (Å²) >= 11 is 1.49. The Morgan fingerprint density at radius 3 is 2.60 bits per heavy atom. The van der Waals surface area contributed by atoms with Crippen molar-refractivity contribution in [2.75, 3.05) is 12.8 Å². The summed E-state index contributed by atoms with van der Waals surface area (Å²) in [5.74, 6) is -0.00282. The highest BCUT2D eigenvalue weighted by Gasteiger charge is 2.31. The molecule has 20 heavy (non-hydrogen) atoms. The van der Waals surface area contributed by atoms with Crippen molar-refractivity contribution in [3.63, 3.8) is 0 Å². The Morgan fingerprint density at radius 1 is 1.50 bits per heavy atom. The Labute approximate surface area is 125 Å². The maximum absolute atomic E-state index is 9.90. The van der Waals surface area contributed by atoms with E-state index in [0.29, 0.717) is 10.6 Å². The van der Waals surface area contributed by atoms with E-state index in [1.54, 1.807) is 7.05 Å². The van der Waals surface area contributed by atoms with Gasteiger partial charge in [-0.1, -0.05) is 13.8 Å². The number of aryl methyl sites for hydroxylation is 1. The fourth-order valence-electron chi connectivity index (χ4n) is 2.35. The van der Waals surface area contributed by atoms with E-state index < -0.39 is 6.23 Å². The lowest BCUT2D eigenvalue weighted by atomic mass is 9.84. The molecule has 0 radical (unpaired) electrons. The van der Waals surface area contributed by atoms with Crippen molar-refractivity contribution >= 4 is 16.3 Å². The van der Waals surface area contributed by atoms with Gasteiger partial charge in [0.2, 0.25) is 0 Å². The van der Waals surface area contributed by atoms with Crippen LogP contribution in [0.25, 0.3) is 0 Å². The first-order chi connectivity index (χ1) is 9.69. The third-order valence-electron chi connectivity index (χ3n) is 3.13. The van der Waals surface area contributed by atoms with Gasteiger partial charge in [0, 0.05) is 10.8 Å². The number of nitrogens with zero attached hydrogens (tertiary/aromatic N) is 1. The molecular formula is C15H23N3OS. The second kappa shape index (κ2) is 9.39. The minimum absolute atomic E-state index is 0.00282. The molecular weight excluding hydrogens is 270 g/mol. The molecule has 2 unspecified atom stereocenters. The van der Waals surface area contributed by atoms with Gasteiger partial charge in [0.25, 0.3) is 0 Å². The molecule has 0 bridgehead atoms. The SMILES string of the molecule is C#C.CC.CNC(O)C1CCCc2sc(N)c(C#N)c21. The van der Waals surface area contributed by atoms with Crippen LogP contribution in [0.4, 0.5) is 5.00 Å². The van der Waals surface area contributed by atoms with Gasteiger partial charge < -0.3 is 10.8 Å². The van der Waals surface area contributed by atoms with E-state index in [1.807, 2.05) is 13.8 Å². The summed E-state index contributed by atoms with van der Waals surface area (Å²) in [6.07, 6.45) is 10.3. The minimum Gasteiger partial charge on any atom is -0.389 e. The quantitative estimate of drug-likeness (QED) is 0.578. The average molecular weight is 293 g/mol. The Morgan fingerprint density at radius 2 is 2.10 bits per heavy atom. The predicted molar refractivity (Wildman–Crippen MR) is 85.4 cm³/mol. The monoisotopic (exact) mass is 293 g/mol. The van der Waals surface area contributed by atoms with Crippen LogP contribution >= 0.6 is 11.3 Å². The fourth-order valence-corrected chi connectivity index (χ4v) is 3.48. The Balaban J connectivity index is 0.000000829. The summed E-state index contributed by atoms with van der Waals surface area (Å²) in [6.45, 7) is 4.00. The van der Waals surface area contributed by atoms with Crippen LogP contribution in [0.1, 0.15) is 48.6 Å². The second-order valence-electron chi connectivity index (χ2n) is 4.02. The molecule has 0 amide bonds. The van der Waals surface area contributed by atoms with Crippen LogP contribution in [0, 0.1) is 24.2 Å². The molecule has 0 fully saturated rings. The zero-order chi connectivity index (χ0) is 15.7. The van der Waals surface area contributed by atoms with E-state index in [-0.39, 0.29) is 5.92 Å². The highest BCUT2D eigenvalue weighted by Crippen LogP contribution is 2.42. The number of hydrogen-bond donors (Lipinski definition) is 3. The Hall–Kier alpha value is -1.53. The number of fused-ring (bicyclic) bond motifs is 1. The number of nitriles is 1. The van der Waals surface area contributed by atoms with Crippen LogP contribution in [0.2, 0.25) is 0 Å². The normalized spacial score (nSPS) is 17.4. The molecule has 0 saturated carbocycles. The minimum atomic E-state index is -0.597. The average Bonchev–Trinajstić information content (AvgIpc) is 2.85. The number of aliphatic hydroxyl groups excluding tert-OH is 1. The molecule has 4 N–H and O–H groups in total. The number of terminal acetylenes is 1. The zero-order valence-corrected chi connectivity index (χ0v) is 13.1. The highest BCUT2D eigenvalue weighted by molar-refractivity contribution is 7.16. The van der Waals surface area contributed by atoms with Crippen LogP contribution in [-0.4, -0.2) is 18.4 Å². The lowest BCUT2D eigenvalue weighted by Gasteiger charge is -2.27. The number of rotatable bonds is 2. The van der Waals surface area contributed by atoms with E-state index in [0.717, 1.165) is 24.8 Å². The van der Waals surface area contributed by atoms with Gasteiger partial charge in [0.05, 0.1) is 5.56 Å².